The Hall–Kier alpha value is -4.92. The maximum atomic E-state index is 9.28. The van der Waals surface area contributed by atoms with Crippen LogP contribution in [0.3, 0.4) is 0 Å². The molecule has 6 aromatic carbocycles. The first-order valence-corrected chi connectivity index (χ1v) is 11.1. The van der Waals surface area contributed by atoms with Crippen molar-refractivity contribution in [1.29, 1.82) is 10.5 Å². The van der Waals surface area contributed by atoms with Gasteiger partial charge in [0.2, 0.25) is 0 Å². The number of rotatable bonds is 2. The van der Waals surface area contributed by atoms with E-state index in [9.17, 15) is 10.5 Å². The average molecular weight is 431 g/mol. The van der Waals surface area contributed by atoms with Crippen LogP contribution in [0.2, 0.25) is 0 Å². The zero-order chi connectivity index (χ0) is 23.1. The van der Waals surface area contributed by atoms with Gasteiger partial charge >= 0.3 is 0 Å². The molecule has 0 atom stereocenters. The molecule has 2 nitrogen and oxygen atoms in total. The van der Waals surface area contributed by atoms with Crippen LogP contribution in [0.25, 0.3) is 54.6 Å². The Morgan fingerprint density at radius 2 is 0.971 bits per heavy atom. The smallest absolute Gasteiger partial charge is 0.0991 e. The number of nitrogens with zero attached hydrogens (tertiary/aromatic N) is 2. The molecule has 0 N–H and O–H groups in total. The summed E-state index contributed by atoms with van der Waals surface area (Å²) in [4.78, 5) is 0. The maximum absolute atomic E-state index is 9.28. The lowest BCUT2D eigenvalue weighted by molar-refractivity contribution is 1.48. The standard InChI is InChI=1S/C32H18N2/c33-19-21-5-9-23(10-6-21)30-14-13-27-17-28-15-25-3-1-2-4-26(25)16-29(28)18-31(27)32(30)24-11-7-22(20-34)8-12-24/h1-18H. The van der Waals surface area contributed by atoms with Gasteiger partial charge in [0.05, 0.1) is 23.3 Å². The van der Waals surface area contributed by atoms with E-state index in [-0.39, 0.29) is 0 Å². The van der Waals surface area contributed by atoms with Crippen molar-refractivity contribution in [1.82, 2.24) is 0 Å². The highest BCUT2D eigenvalue weighted by molar-refractivity contribution is 6.11. The number of nitriles is 2. The molecule has 6 rings (SSSR count). The van der Waals surface area contributed by atoms with Gasteiger partial charge < -0.3 is 0 Å². The van der Waals surface area contributed by atoms with Gasteiger partial charge in [-0.3, -0.25) is 0 Å². The third-order valence-electron chi connectivity index (χ3n) is 6.47. The quantitative estimate of drug-likeness (QED) is 0.260. The van der Waals surface area contributed by atoms with Crippen LogP contribution in [-0.2, 0) is 0 Å². The summed E-state index contributed by atoms with van der Waals surface area (Å²) in [6.45, 7) is 0. The molecular formula is C32H18N2. The lowest BCUT2D eigenvalue weighted by Gasteiger charge is -2.16. The van der Waals surface area contributed by atoms with E-state index >= 15 is 0 Å². The highest BCUT2D eigenvalue weighted by Gasteiger charge is 2.14. The molecule has 0 heterocycles. The van der Waals surface area contributed by atoms with Crippen molar-refractivity contribution in [2.75, 3.05) is 0 Å². The Bertz CT molecular complexity index is 1800. The van der Waals surface area contributed by atoms with Gasteiger partial charge in [0, 0.05) is 0 Å². The van der Waals surface area contributed by atoms with Crippen molar-refractivity contribution in [3.63, 3.8) is 0 Å². The molecule has 0 bridgehead atoms. The minimum absolute atomic E-state index is 0.640. The van der Waals surface area contributed by atoms with Gasteiger partial charge in [-0.15, -0.1) is 0 Å². The lowest BCUT2D eigenvalue weighted by atomic mass is 9.88. The van der Waals surface area contributed by atoms with Gasteiger partial charge in [-0.05, 0) is 103 Å². The molecule has 0 saturated heterocycles. The van der Waals surface area contributed by atoms with Gasteiger partial charge in [-0.1, -0.05) is 60.7 Å². The van der Waals surface area contributed by atoms with Crippen LogP contribution in [0.15, 0.2) is 109 Å². The molecule has 2 heteroatoms. The topological polar surface area (TPSA) is 47.6 Å². The Balaban J connectivity index is 1.68. The Labute approximate surface area is 197 Å². The number of hydrogen-bond acceptors (Lipinski definition) is 2. The highest BCUT2D eigenvalue weighted by atomic mass is 14.2. The first-order chi connectivity index (χ1) is 16.7. The monoisotopic (exact) mass is 430 g/mol. The predicted octanol–water partition coefficient (Wildman–Crippen LogP) is 8.22. The molecule has 34 heavy (non-hydrogen) atoms. The Kier molecular flexibility index (Phi) is 4.58. The van der Waals surface area contributed by atoms with E-state index in [4.69, 9.17) is 0 Å². The normalized spacial score (nSPS) is 10.9. The largest absolute Gasteiger partial charge is 0.192 e. The lowest BCUT2D eigenvalue weighted by Crippen LogP contribution is -1.90. The second kappa shape index (κ2) is 7.89. The van der Waals surface area contributed by atoms with Gasteiger partial charge in [0.15, 0.2) is 0 Å². The first kappa shape index (κ1) is 19.7. The molecule has 156 valence electrons. The van der Waals surface area contributed by atoms with Crippen LogP contribution in [0.5, 0.6) is 0 Å². The van der Waals surface area contributed by atoms with Crippen molar-refractivity contribution in [3.05, 3.63) is 120 Å². The fraction of sp³-hybridized carbons (Fsp3) is 0. The van der Waals surface area contributed by atoms with Crippen molar-refractivity contribution in [2.45, 2.75) is 0 Å². The zero-order valence-electron chi connectivity index (χ0n) is 18.3. The predicted molar refractivity (Wildman–Crippen MR) is 139 cm³/mol. The summed E-state index contributed by atoms with van der Waals surface area (Å²) >= 11 is 0. The summed E-state index contributed by atoms with van der Waals surface area (Å²) in [5.74, 6) is 0. The maximum Gasteiger partial charge on any atom is 0.0991 e. The second-order valence-corrected chi connectivity index (χ2v) is 8.49. The molecule has 0 radical (unpaired) electrons. The Morgan fingerprint density at radius 3 is 1.56 bits per heavy atom. The number of fused-ring (bicyclic) bond motifs is 3. The Morgan fingerprint density at radius 1 is 0.441 bits per heavy atom. The molecule has 0 fully saturated rings. The molecule has 0 saturated carbocycles. The minimum Gasteiger partial charge on any atom is -0.192 e. The first-order valence-electron chi connectivity index (χ1n) is 11.1. The van der Waals surface area contributed by atoms with E-state index in [0.717, 1.165) is 27.6 Å². The fourth-order valence-corrected chi connectivity index (χ4v) is 4.75. The summed E-state index contributed by atoms with van der Waals surface area (Å²) in [5, 5.41) is 25.7. The molecule has 0 aromatic heterocycles. The van der Waals surface area contributed by atoms with E-state index in [1.165, 1.54) is 26.9 Å². The van der Waals surface area contributed by atoms with Gasteiger partial charge in [-0.25, -0.2) is 0 Å². The van der Waals surface area contributed by atoms with E-state index in [2.05, 4.69) is 72.8 Å². The minimum atomic E-state index is 0.640. The van der Waals surface area contributed by atoms with Crippen molar-refractivity contribution in [3.8, 4) is 34.4 Å². The third-order valence-corrected chi connectivity index (χ3v) is 6.47. The summed E-state index contributed by atoms with van der Waals surface area (Å²) in [6.07, 6.45) is 0. The van der Waals surface area contributed by atoms with Gasteiger partial charge in [0.25, 0.3) is 0 Å². The molecule has 6 aromatic rings. The summed E-state index contributed by atoms with van der Waals surface area (Å²) in [5.41, 5.74) is 5.62. The van der Waals surface area contributed by atoms with Crippen molar-refractivity contribution >= 4 is 32.3 Å². The van der Waals surface area contributed by atoms with Crippen LogP contribution in [0, 0.1) is 22.7 Å². The van der Waals surface area contributed by atoms with E-state index in [0.29, 0.717) is 11.1 Å². The van der Waals surface area contributed by atoms with E-state index < -0.39 is 0 Å². The summed E-state index contributed by atoms with van der Waals surface area (Å²) < 4.78 is 0. The number of benzene rings is 6. The highest BCUT2D eigenvalue weighted by Crippen LogP contribution is 2.40. The molecule has 0 spiro atoms. The van der Waals surface area contributed by atoms with Crippen molar-refractivity contribution < 1.29 is 0 Å². The SMILES string of the molecule is N#Cc1ccc(-c2ccc3cc4cc5ccccc5cc4cc3c2-c2ccc(C#N)cc2)cc1. The van der Waals surface area contributed by atoms with E-state index in [1.807, 2.05) is 48.5 Å². The fourth-order valence-electron chi connectivity index (χ4n) is 4.75. The zero-order valence-corrected chi connectivity index (χ0v) is 18.3. The van der Waals surface area contributed by atoms with Crippen LogP contribution in [0.4, 0.5) is 0 Å². The third kappa shape index (κ3) is 3.27. The molecule has 0 aliphatic heterocycles. The molecular weight excluding hydrogens is 412 g/mol. The van der Waals surface area contributed by atoms with Crippen molar-refractivity contribution in [2.24, 2.45) is 0 Å². The molecule has 0 aliphatic rings. The summed E-state index contributed by atoms with van der Waals surface area (Å²) in [6, 6.07) is 41.7. The van der Waals surface area contributed by atoms with Crippen LogP contribution in [-0.4, -0.2) is 0 Å². The van der Waals surface area contributed by atoms with E-state index in [1.54, 1.807) is 0 Å². The molecule has 0 unspecified atom stereocenters. The average Bonchev–Trinajstić information content (AvgIpc) is 2.90. The van der Waals surface area contributed by atoms with Gasteiger partial charge in [-0.2, -0.15) is 10.5 Å². The molecule has 0 aliphatic carbocycles. The van der Waals surface area contributed by atoms with Crippen LogP contribution in [0.1, 0.15) is 11.1 Å². The summed E-state index contributed by atoms with van der Waals surface area (Å²) in [7, 11) is 0. The van der Waals surface area contributed by atoms with Crippen LogP contribution >= 0.6 is 0 Å². The van der Waals surface area contributed by atoms with Gasteiger partial charge in [0.1, 0.15) is 0 Å². The van der Waals surface area contributed by atoms with Crippen LogP contribution < -0.4 is 0 Å². The molecule has 0 amide bonds. The number of hydrogen-bond donors (Lipinski definition) is 0. The second-order valence-electron chi connectivity index (χ2n) is 8.49.